The third kappa shape index (κ3) is 3.60. The van der Waals surface area contributed by atoms with Gasteiger partial charge in [-0.1, -0.05) is 27.8 Å². The van der Waals surface area contributed by atoms with Crippen LogP contribution in [-0.4, -0.2) is 44.5 Å². The summed E-state index contributed by atoms with van der Waals surface area (Å²) in [6.45, 7) is 0.0900. The molecular formula is C18H15ClN6O4S. The van der Waals surface area contributed by atoms with E-state index in [0.717, 1.165) is 11.9 Å². The third-order valence-electron chi connectivity index (χ3n) is 4.30. The van der Waals surface area contributed by atoms with E-state index in [1.165, 1.54) is 4.57 Å². The second-order valence-electron chi connectivity index (χ2n) is 6.19. The van der Waals surface area contributed by atoms with Crippen LogP contribution in [0.5, 0.6) is 5.75 Å². The van der Waals surface area contributed by atoms with Crippen LogP contribution >= 0.6 is 11.6 Å². The Balaban J connectivity index is 1.87. The average molecular weight is 447 g/mol. The highest BCUT2D eigenvalue weighted by Gasteiger charge is 2.28. The normalized spacial score (nSPS) is 11.5. The van der Waals surface area contributed by atoms with E-state index >= 15 is 0 Å². The first kappa shape index (κ1) is 19.9. The van der Waals surface area contributed by atoms with Crippen LogP contribution < -0.4 is 10.4 Å². The maximum Gasteiger partial charge on any atom is 0.361 e. The Bertz CT molecular complexity index is 1330. The lowest BCUT2D eigenvalue weighted by Crippen LogP contribution is -2.31. The Labute approximate surface area is 175 Å². The topological polar surface area (TPSA) is 125 Å². The van der Waals surface area contributed by atoms with E-state index in [2.05, 4.69) is 20.3 Å². The second kappa shape index (κ2) is 7.76. The Morgan fingerprint density at radius 2 is 1.80 bits per heavy atom. The fraction of sp³-hybridized carbons (Fsp3) is 0.111. The molecule has 2 aromatic carbocycles. The third-order valence-corrected chi connectivity index (χ3v) is 5.93. The lowest BCUT2D eigenvalue weighted by atomic mass is 10.2. The fourth-order valence-corrected chi connectivity index (χ4v) is 3.93. The van der Waals surface area contributed by atoms with Crippen molar-refractivity contribution >= 4 is 21.6 Å². The van der Waals surface area contributed by atoms with Crippen LogP contribution in [0.25, 0.3) is 11.4 Å². The van der Waals surface area contributed by atoms with Gasteiger partial charge in [0, 0.05) is 10.6 Å². The van der Waals surface area contributed by atoms with Crippen molar-refractivity contribution in [2.24, 2.45) is 0 Å². The Morgan fingerprint density at radius 3 is 2.40 bits per heavy atom. The molecule has 0 spiro atoms. The van der Waals surface area contributed by atoms with E-state index in [1.54, 1.807) is 55.6 Å². The number of aromatic nitrogens is 6. The molecule has 0 aliphatic carbocycles. The van der Waals surface area contributed by atoms with Gasteiger partial charge in [0.05, 0.1) is 13.7 Å². The van der Waals surface area contributed by atoms with E-state index in [4.69, 9.17) is 16.3 Å². The Hall–Kier alpha value is -3.44. The molecule has 10 nitrogen and oxygen atoms in total. The largest absolute Gasteiger partial charge is 0.497 e. The van der Waals surface area contributed by atoms with E-state index in [-0.39, 0.29) is 12.4 Å². The van der Waals surface area contributed by atoms with E-state index < -0.39 is 20.9 Å². The van der Waals surface area contributed by atoms with Crippen molar-refractivity contribution < 1.29 is 13.2 Å². The van der Waals surface area contributed by atoms with Gasteiger partial charge in [-0.25, -0.2) is 14.9 Å². The predicted molar refractivity (Wildman–Crippen MR) is 108 cm³/mol. The quantitative estimate of drug-likeness (QED) is 0.478. The highest BCUT2D eigenvalue weighted by Crippen LogP contribution is 2.21. The lowest BCUT2D eigenvalue weighted by molar-refractivity contribution is 0.414. The molecule has 30 heavy (non-hydrogen) atoms. The summed E-state index contributed by atoms with van der Waals surface area (Å²) in [6.07, 6.45) is 1.03. The van der Waals surface area contributed by atoms with Gasteiger partial charge >= 0.3 is 15.7 Å². The van der Waals surface area contributed by atoms with Crippen LogP contribution in [0.1, 0.15) is 5.56 Å². The molecule has 0 fully saturated rings. The standard InChI is InChI=1S/C18H15ClN6O4S/c1-29-15-8-2-12(3-9-15)10-24-16(13-4-6-14(19)7-5-13)23-25(18(24)26)30(27,28)17-20-11-21-22-17/h2-9,11H,10H2,1H3,(H,20,21,22). The van der Waals surface area contributed by atoms with Crippen molar-refractivity contribution in [2.75, 3.05) is 7.11 Å². The number of H-pyrrole nitrogens is 1. The summed E-state index contributed by atoms with van der Waals surface area (Å²) in [5, 5.41) is 9.89. The van der Waals surface area contributed by atoms with Gasteiger partial charge in [0.1, 0.15) is 12.1 Å². The number of hydrogen-bond acceptors (Lipinski definition) is 7. The molecule has 1 N–H and O–H groups in total. The first-order valence-electron chi connectivity index (χ1n) is 8.60. The number of nitrogens with zero attached hydrogens (tertiary/aromatic N) is 5. The molecule has 2 aromatic heterocycles. The highest BCUT2D eigenvalue weighted by molar-refractivity contribution is 7.89. The van der Waals surface area contributed by atoms with Crippen molar-refractivity contribution in [3.63, 3.8) is 0 Å². The summed E-state index contributed by atoms with van der Waals surface area (Å²) in [6, 6.07) is 13.6. The fourth-order valence-electron chi connectivity index (χ4n) is 2.80. The first-order valence-corrected chi connectivity index (χ1v) is 10.4. The number of methoxy groups -OCH3 is 1. The molecule has 0 saturated carbocycles. The Morgan fingerprint density at radius 1 is 1.10 bits per heavy atom. The number of benzene rings is 2. The smallest absolute Gasteiger partial charge is 0.361 e. The van der Waals surface area contributed by atoms with Gasteiger partial charge in [0.2, 0.25) is 0 Å². The predicted octanol–water partition coefficient (Wildman–Crippen LogP) is 1.78. The van der Waals surface area contributed by atoms with Gasteiger partial charge in [0.15, 0.2) is 5.82 Å². The van der Waals surface area contributed by atoms with Crippen LogP contribution in [0, 0.1) is 0 Å². The van der Waals surface area contributed by atoms with E-state index in [1.807, 2.05) is 0 Å². The summed E-state index contributed by atoms with van der Waals surface area (Å²) >= 11 is 5.95. The summed E-state index contributed by atoms with van der Waals surface area (Å²) in [4.78, 5) is 16.7. The Kier molecular flexibility index (Phi) is 5.14. The van der Waals surface area contributed by atoms with Gasteiger partial charge in [0.25, 0.3) is 5.16 Å². The van der Waals surface area contributed by atoms with Crippen LogP contribution in [-0.2, 0) is 16.6 Å². The maximum atomic E-state index is 13.1. The molecule has 0 radical (unpaired) electrons. The SMILES string of the molecule is COc1ccc(Cn2c(-c3ccc(Cl)cc3)nn(S(=O)(=O)c3ncn[nH]3)c2=O)cc1. The van der Waals surface area contributed by atoms with Crippen molar-refractivity contribution in [2.45, 2.75) is 11.7 Å². The molecule has 0 saturated heterocycles. The molecule has 0 aliphatic heterocycles. The molecule has 4 rings (SSSR count). The second-order valence-corrected chi connectivity index (χ2v) is 8.31. The minimum absolute atomic E-state index is 0.0900. The van der Waals surface area contributed by atoms with Crippen LogP contribution in [0.4, 0.5) is 0 Å². The van der Waals surface area contributed by atoms with Crippen molar-refractivity contribution in [1.82, 2.24) is 28.9 Å². The average Bonchev–Trinajstić information content (AvgIpc) is 3.39. The van der Waals surface area contributed by atoms with E-state index in [0.29, 0.717) is 20.4 Å². The van der Waals surface area contributed by atoms with Crippen LogP contribution in [0.3, 0.4) is 0 Å². The van der Waals surface area contributed by atoms with Crippen molar-refractivity contribution in [3.05, 3.63) is 75.9 Å². The molecular weight excluding hydrogens is 432 g/mol. The maximum absolute atomic E-state index is 13.1. The lowest BCUT2D eigenvalue weighted by Gasteiger charge is -2.07. The van der Waals surface area contributed by atoms with Gasteiger partial charge in [-0.3, -0.25) is 4.57 Å². The number of rotatable bonds is 6. The van der Waals surface area contributed by atoms with Gasteiger partial charge in [-0.2, -0.15) is 13.5 Å². The summed E-state index contributed by atoms with van der Waals surface area (Å²) in [5.41, 5.74) is 0.438. The van der Waals surface area contributed by atoms with Crippen molar-refractivity contribution in [3.8, 4) is 17.1 Å². The van der Waals surface area contributed by atoms with Gasteiger partial charge in [-0.05, 0) is 42.0 Å². The summed E-state index contributed by atoms with van der Waals surface area (Å²) < 4.78 is 32.4. The number of hydrogen-bond donors (Lipinski definition) is 1. The van der Waals surface area contributed by atoms with Gasteiger partial charge < -0.3 is 4.74 Å². The number of aromatic amines is 1. The molecule has 0 aliphatic rings. The zero-order valence-corrected chi connectivity index (χ0v) is 17.1. The molecule has 4 aromatic rings. The van der Waals surface area contributed by atoms with Gasteiger partial charge in [-0.15, -0.1) is 5.10 Å². The van der Waals surface area contributed by atoms with Crippen LogP contribution in [0.15, 0.2) is 64.8 Å². The van der Waals surface area contributed by atoms with E-state index in [9.17, 15) is 13.2 Å². The molecule has 0 atom stereocenters. The monoisotopic (exact) mass is 446 g/mol. The van der Waals surface area contributed by atoms with Crippen LogP contribution in [0.2, 0.25) is 5.02 Å². The molecule has 2 heterocycles. The molecule has 12 heteroatoms. The number of halogens is 1. The van der Waals surface area contributed by atoms with Crippen molar-refractivity contribution in [1.29, 1.82) is 0 Å². The molecule has 154 valence electrons. The summed E-state index contributed by atoms with van der Waals surface area (Å²) in [5.74, 6) is 0.822. The summed E-state index contributed by atoms with van der Waals surface area (Å²) in [7, 11) is -2.80. The zero-order valence-electron chi connectivity index (χ0n) is 15.6. The number of nitrogens with one attached hydrogen (secondary N) is 1. The minimum atomic E-state index is -4.35. The first-order chi connectivity index (χ1) is 14.4. The highest BCUT2D eigenvalue weighted by atomic mass is 35.5. The molecule has 0 bridgehead atoms. The number of ether oxygens (including phenoxy) is 1. The minimum Gasteiger partial charge on any atom is -0.497 e. The molecule has 0 unspecified atom stereocenters. The molecule has 0 amide bonds. The zero-order chi connectivity index (χ0) is 21.3.